The van der Waals surface area contributed by atoms with Crippen LogP contribution in [-0.4, -0.2) is 54.8 Å². The summed E-state index contributed by atoms with van der Waals surface area (Å²) >= 11 is 0. The molecule has 1 aliphatic rings. The number of likely N-dealkylation sites (tertiary alicyclic amines) is 1. The molecule has 25 heavy (non-hydrogen) atoms. The lowest BCUT2D eigenvalue weighted by molar-refractivity contribution is 0.0789. The zero-order valence-electron chi connectivity index (χ0n) is 14.6. The van der Waals surface area contributed by atoms with Gasteiger partial charge in [0, 0.05) is 50.3 Å². The molecule has 2 atom stereocenters. The van der Waals surface area contributed by atoms with Crippen molar-refractivity contribution < 1.29 is 9.59 Å². The van der Waals surface area contributed by atoms with Crippen LogP contribution in [0.15, 0.2) is 54.6 Å². The van der Waals surface area contributed by atoms with E-state index < -0.39 is 0 Å². The summed E-state index contributed by atoms with van der Waals surface area (Å²) in [7, 11) is 3.39. The highest BCUT2D eigenvalue weighted by Gasteiger charge is 2.34. The average Bonchev–Trinajstić information content (AvgIpc) is 3.03. The molecular formula is C20H23N3O2. The van der Waals surface area contributed by atoms with E-state index in [1.165, 1.54) is 4.90 Å². The van der Waals surface area contributed by atoms with Gasteiger partial charge in [0.05, 0.1) is 0 Å². The van der Waals surface area contributed by atoms with Gasteiger partial charge in [-0.1, -0.05) is 36.4 Å². The predicted molar refractivity (Wildman–Crippen MR) is 97.5 cm³/mol. The van der Waals surface area contributed by atoms with Crippen LogP contribution in [0.1, 0.15) is 32.2 Å². The smallest absolute Gasteiger partial charge is 0.253 e. The highest BCUT2D eigenvalue weighted by Crippen LogP contribution is 2.27. The molecule has 1 saturated heterocycles. The number of rotatable bonds is 3. The highest BCUT2D eigenvalue weighted by atomic mass is 16.2. The minimum absolute atomic E-state index is 0.0812. The fourth-order valence-electron chi connectivity index (χ4n) is 3.27. The molecule has 2 aromatic rings. The van der Waals surface area contributed by atoms with Gasteiger partial charge >= 0.3 is 0 Å². The number of benzene rings is 2. The van der Waals surface area contributed by atoms with Crippen molar-refractivity contribution in [1.82, 2.24) is 9.80 Å². The van der Waals surface area contributed by atoms with Crippen molar-refractivity contribution in [2.75, 3.05) is 27.2 Å². The molecule has 2 amide bonds. The van der Waals surface area contributed by atoms with E-state index in [-0.39, 0.29) is 23.8 Å². The fourth-order valence-corrected chi connectivity index (χ4v) is 3.27. The zero-order valence-corrected chi connectivity index (χ0v) is 14.6. The van der Waals surface area contributed by atoms with Gasteiger partial charge < -0.3 is 15.5 Å². The summed E-state index contributed by atoms with van der Waals surface area (Å²) in [6.45, 7) is 1.11. The van der Waals surface area contributed by atoms with Gasteiger partial charge in [-0.25, -0.2) is 0 Å². The van der Waals surface area contributed by atoms with Crippen LogP contribution >= 0.6 is 0 Å². The number of nitrogens with zero attached hydrogens (tertiary/aromatic N) is 2. The average molecular weight is 337 g/mol. The van der Waals surface area contributed by atoms with Crippen LogP contribution in [0.5, 0.6) is 0 Å². The molecule has 130 valence electrons. The van der Waals surface area contributed by atoms with Crippen LogP contribution in [0.25, 0.3) is 0 Å². The third kappa shape index (κ3) is 3.56. The minimum atomic E-state index is -0.116. The molecule has 5 heteroatoms. The summed E-state index contributed by atoms with van der Waals surface area (Å²) in [5.74, 6) is -0.0611. The molecule has 0 aromatic heterocycles. The second-order valence-electron chi connectivity index (χ2n) is 6.67. The normalized spacial score (nSPS) is 19.7. The fraction of sp³-hybridized carbons (Fsp3) is 0.300. The largest absolute Gasteiger partial charge is 0.345 e. The monoisotopic (exact) mass is 337 g/mol. The lowest BCUT2D eigenvalue weighted by atomic mass is 9.95. The Hall–Kier alpha value is -2.66. The van der Waals surface area contributed by atoms with E-state index in [1.807, 2.05) is 18.2 Å². The first-order chi connectivity index (χ1) is 12.0. The first-order valence-electron chi connectivity index (χ1n) is 8.39. The Labute approximate surface area is 148 Å². The second kappa shape index (κ2) is 7.07. The Bertz CT molecular complexity index is 774. The maximum Gasteiger partial charge on any atom is 0.253 e. The quantitative estimate of drug-likeness (QED) is 0.931. The van der Waals surface area contributed by atoms with Crippen molar-refractivity contribution >= 4 is 11.8 Å². The van der Waals surface area contributed by atoms with E-state index in [9.17, 15) is 9.59 Å². The van der Waals surface area contributed by atoms with Gasteiger partial charge in [0.15, 0.2) is 0 Å². The molecule has 2 aromatic carbocycles. The number of hydrogen-bond acceptors (Lipinski definition) is 3. The van der Waals surface area contributed by atoms with Gasteiger partial charge in [-0.2, -0.15) is 0 Å². The van der Waals surface area contributed by atoms with Crippen molar-refractivity contribution in [1.29, 1.82) is 0 Å². The molecule has 0 unspecified atom stereocenters. The lowest BCUT2D eigenvalue weighted by Crippen LogP contribution is -2.32. The predicted octanol–water partition coefficient (Wildman–Crippen LogP) is 1.96. The topological polar surface area (TPSA) is 66.6 Å². The lowest BCUT2D eigenvalue weighted by Gasteiger charge is -2.17. The first-order valence-corrected chi connectivity index (χ1v) is 8.39. The minimum Gasteiger partial charge on any atom is -0.345 e. The standard InChI is InChI=1S/C20H23N3O2/c1-22(2)19(24)15-9-6-10-16(11-15)20(25)23-12-17(18(21)13-23)14-7-4-3-5-8-14/h3-11,17-18H,12-13,21H2,1-2H3/t17-,18+/m0/s1. The molecule has 1 heterocycles. The second-order valence-corrected chi connectivity index (χ2v) is 6.67. The SMILES string of the molecule is CN(C)C(=O)c1cccc(C(=O)N2C[C@@H](N)[C@H](c3ccccc3)C2)c1. The van der Waals surface area contributed by atoms with Gasteiger partial charge in [-0.15, -0.1) is 0 Å². The first kappa shape index (κ1) is 17.2. The third-order valence-electron chi connectivity index (χ3n) is 4.64. The van der Waals surface area contributed by atoms with Crippen LogP contribution in [0, 0.1) is 0 Å². The van der Waals surface area contributed by atoms with Crippen LogP contribution in [-0.2, 0) is 0 Å². The molecule has 0 radical (unpaired) electrons. The Morgan fingerprint density at radius 2 is 1.68 bits per heavy atom. The van der Waals surface area contributed by atoms with Crippen molar-refractivity contribution in [2.45, 2.75) is 12.0 Å². The van der Waals surface area contributed by atoms with Crippen LogP contribution < -0.4 is 5.73 Å². The van der Waals surface area contributed by atoms with Crippen molar-refractivity contribution in [3.8, 4) is 0 Å². The summed E-state index contributed by atoms with van der Waals surface area (Å²) in [5.41, 5.74) is 8.47. The van der Waals surface area contributed by atoms with Crippen molar-refractivity contribution in [3.05, 3.63) is 71.3 Å². The van der Waals surface area contributed by atoms with Gasteiger partial charge in [0.1, 0.15) is 0 Å². The van der Waals surface area contributed by atoms with E-state index >= 15 is 0 Å². The number of amides is 2. The van der Waals surface area contributed by atoms with E-state index in [0.717, 1.165) is 5.56 Å². The van der Waals surface area contributed by atoms with E-state index in [1.54, 1.807) is 43.3 Å². The summed E-state index contributed by atoms with van der Waals surface area (Å²) < 4.78 is 0. The molecule has 2 N–H and O–H groups in total. The summed E-state index contributed by atoms with van der Waals surface area (Å²) in [4.78, 5) is 28.3. The molecule has 5 nitrogen and oxygen atoms in total. The van der Waals surface area contributed by atoms with Crippen LogP contribution in [0.2, 0.25) is 0 Å². The van der Waals surface area contributed by atoms with E-state index in [2.05, 4.69) is 12.1 Å². The Balaban J connectivity index is 1.78. The molecule has 0 aliphatic carbocycles. The molecule has 1 fully saturated rings. The Morgan fingerprint density at radius 3 is 2.36 bits per heavy atom. The maximum atomic E-state index is 12.9. The summed E-state index contributed by atoms with van der Waals surface area (Å²) in [5, 5.41) is 0. The van der Waals surface area contributed by atoms with Gasteiger partial charge in [0.25, 0.3) is 11.8 Å². The Kier molecular flexibility index (Phi) is 4.86. The maximum absolute atomic E-state index is 12.9. The number of carbonyl (C=O) groups excluding carboxylic acids is 2. The highest BCUT2D eigenvalue weighted by molar-refractivity contribution is 5.99. The van der Waals surface area contributed by atoms with Crippen molar-refractivity contribution in [2.24, 2.45) is 5.73 Å². The number of hydrogen-bond donors (Lipinski definition) is 1. The molecule has 3 rings (SSSR count). The van der Waals surface area contributed by atoms with E-state index in [0.29, 0.717) is 24.2 Å². The van der Waals surface area contributed by atoms with Gasteiger partial charge in [-0.05, 0) is 23.8 Å². The molecule has 1 aliphatic heterocycles. The van der Waals surface area contributed by atoms with Crippen molar-refractivity contribution in [3.63, 3.8) is 0 Å². The number of carbonyl (C=O) groups is 2. The molecule has 0 saturated carbocycles. The summed E-state index contributed by atoms with van der Waals surface area (Å²) in [6, 6.07) is 16.8. The summed E-state index contributed by atoms with van der Waals surface area (Å²) in [6.07, 6.45) is 0. The van der Waals surface area contributed by atoms with Gasteiger partial charge in [-0.3, -0.25) is 9.59 Å². The Morgan fingerprint density at radius 1 is 1.00 bits per heavy atom. The zero-order chi connectivity index (χ0) is 18.0. The van der Waals surface area contributed by atoms with E-state index in [4.69, 9.17) is 5.73 Å². The van der Waals surface area contributed by atoms with Gasteiger partial charge in [0.2, 0.25) is 0 Å². The van der Waals surface area contributed by atoms with Crippen LogP contribution in [0.4, 0.5) is 0 Å². The molecule has 0 spiro atoms. The third-order valence-corrected chi connectivity index (χ3v) is 4.64. The molecular weight excluding hydrogens is 314 g/mol. The number of nitrogens with two attached hydrogens (primary N) is 1. The molecule has 0 bridgehead atoms. The van der Waals surface area contributed by atoms with Crippen LogP contribution in [0.3, 0.4) is 0 Å².